The molecule has 0 aromatic heterocycles. The molecular weight excluding hydrogens is 452 g/mol. The lowest BCUT2D eigenvalue weighted by molar-refractivity contribution is -0.152. The number of amides is 2. The molecule has 4 rings (SSSR count). The van der Waals surface area contributed by atoms with Crippen LogP contribution in [0.2, 0.25) is 0 Å². The van der Waals surface area contributed by atoms with Crippen LogP contribution in [0.15, 0.2) is 60.2 Å². The molecule has 0 saturated carbocycles. The number of esters is 1. The van der Waals surface area contributed by atoms with Crippen LogP contribution in [-0.4, -0.2) is 66.3 Å². The highest BCUT2D eigenvalue weighted by atomic mass is 16.6. The molecule has 1 aliphatic carbocycles. The van der Waals surface area contributed by atoms with Crippen LogP contribution in [0.1, 0.15) is 30.4 Å². The minimum Gasteiger partial charge on any atom is -0.478 e. The maximum Gasteiger partial charge on any atom is 0.408 e. The van der Waals surface area contributed by atoms with Gasteiger partial charge in [0.2, 0.25) is 6.04 Å². The average molecular weight is 479 g/mol. The number of benzene rings is 2. The van der Waals surface area contributed by atoms with Crippen LogP contribution in [0.3, 0.4) is 0 Å². The lowest BCUT2D eigenvalue weighted by Crippen LogP contribution is -2.54. The highest BCUT2D eigenvalue weighted by Crippen LogP contribution is 2.44. The number of alkyl carbamates (subject to hydrolysis) is 1. The zero-order chi connectivity index (χ0) is 24.9. The molecular formula is C26H26N2O7. The Labute approximate surface area is 202 Å². The Morgan fingerprint density at radius 1 is 1.03 bits per heavy atom. The number of carboxylic acid groups (broad SMARTS) is 1. The maximum absolute atomic E-state index is 13.0. The van der Waals surface area contributed by atoms with E-state index in [4.69, 9.17) is 14.6 Å². The normalized spacial score (nSPS) is 15.3. The van der Waals surface area contributed by atoms with E-state index in [1.807, 2.05) is 48.5 Å². The number of carbonyl (C=O) groups is 4. The lowest BCUT2D eigenvalue weighted by Gasteiger charge is -2.28. The maximum atomic E-state index is 13.0. The Bertz CT molecular complexity index is 1140. The van der Waals surface area contributed by atoms with Gasteiger partial charge in [0.15, 0.2) is 0 Å². The van der Waals surface area contributed by atoms with E-state index in [0.29, 0.717) is 0 Å². The zero-order valence-corrected chi connectivity index (χ0v) is 19.2. The first-order valence-corrected chi connectivity index (χ1v) is 11.4. The minimum absolute atomic E-state index is 0.0166. The highest BCUT2D eigenvalue weighted by Gasteiger charge is 2.36. The Balaban J connectivity index is 1.44. The first-order chi connectivity index (χ1) is 16.9. The predicted molar refractivity (Wildman–Crippen MR) is 126 cm³/mol. The summed E-state index contributed by atoms with van der Waals surface area (Å²) in [6.07, 6.45) is 0.637. The quantitative estimate of drug-likeness (QED) is 0.463. The summed E-state index contributed by atoms with van der Waals surface area (Å²) in [6.45, 7) is 1.77. The van der Waals surface area contributed by atoms with Crippen LogP contribution in [0.5, 0.6) is 0 Å². The molecule has 2 aromatic carbocycles. The third-order valence-corrected chi connectivity index (χ3v) is 6.17. The average Bonchev–Trinajstić information content (AvgIpc) is 3.19. The summed E-state index contributed by atoms with van der Waals surface area (Å²) < 4.78 is 10.4. The summed E-state index contributed by atoms with van der Waals surface area (Å²) in [4.78, 5) is 50.6. The van der Waals surface area contributed by atoms with Crippen LogP contribution in [0.4, 0.5) is 4.79 Å². The van der Waals surface area contributed by atoms with E-state index in [9.17, 15) is 19.2 Å². The monoisotopic (exact) mass is 478 g/mol. The van der Waals surface area contributed by atoms with Crippen LogP contribution in [-0.2, 0) is 23.9 Å². The van der Waals surface area contributed by atoms with Crippen molar-refractivity contribution in [3.05, 3.63) is 71.3 Å². The molecule has 9 nitrogen and oxygen atoms in total. The summed E-state index contributed by atoms with van der Waals surface area (Å²) >= 11 is 0. The summed E-state index contributed by atoms with van der Waals surface area (Å²) in [7, 11) is 0. The summed E-state index contributed by atoms with van der Waals surface area (Å²) in [5, 5.41) is 11.4. The predicted octanol–water partition coefficient (Wildman–Crippen LogP) is 2.70. The molecule has 9 heteroatoms. The second-order valence-electron chi connectivity index (χ2n) is 8.22. The van der Waals surface area contributed by atoms with Crippen LogP contribution in [0, 0.1) is 0 Å². The Kier molecular flexibility index (Phi) is 7.14. The number of nitrogens with zero attached hydrogens (tertiary/aromatic N) is 1. The molecule has 1 atom stereocenters. The molecule has 2 aliphatic rings. The van der Waals surface area contributed by atoms with Gasteiger partial charge in [-0.2, -0.15) is 0 Å². The SMILES string of the molecule is CCOC(=O)C(NC(=O)OCC1c2ccccc2-c2ccccc21)C(=O)N1CC=C(C(=O)O)CC1. The van der Waals surface area contributed by atoms with E-state index < -0.39 is 30.0 Å². The number of hydrogen-bond acceptors (Lipinski definition) is 6. The Hall–Kier alpha value is -4.14. The van der Waals surface area contributed by atoms with Crippen molar-refractivity contribution in [1.29, 1.82) is 0 Å². The smallest absolute Gasteiger partial charge is 0.408 e. The van der Waals surface area contributed by atoms with E-state index in [-0.39, 0.29) is 44.2 Å². The molecule has 182 valence electrons. The van der Waals surface area contributed by atoms with Crippen LogP contribution in [0.25, 0.3) is 11.1 Å². The van der Waals surface area contributed by atoms with Gasteiger partial charge in [0.05, 0.1) is 6.61 Å². The van der Waals surface area contributed by atoms with Gasteiger partial charge in [0.25, 0.3) is 5.91 Å². The first kappa shape index (κ1) is 24.0. The number of aliphatic carboxylic acids is 1. The van der Waals surface area contributed by atoms with Gasteiger partial charge in [0, 0.05) is 24.6 Å². The molecule has 1 aliphatic heterocycles. The largest absolute Gasteiger partial charge is 0.478 e. The van der Waals surface area contributed by atoms with Crippen molar-refractivity contribution in [2.45, 2.75) is 25.3 Å². The molecule has 2 aromatic rings. The zero-order valence-electron chi connectivity index (χ0n) is 19.2. The van der Waals surface area contributed by atoms with Gasteiger partial charge >= 0.3 is 18.0 Å². The third-order valence-electron chi connectivity index (χ3n) is 6.17. The molecule has 0 spiro atoms. The van der Waals surface area contributed by atoms with Crippen molar-refractivity contribution in [2.75, 3.05) is 26.3 Å². The van der Waals surface area contributed by atoms with Crippen LogP contribution >= 0.6 is 0 Å². The van der Waals surface area contributed by atoms with E-state index in [1.165, 1.54) is 11.0 Å². The Morgan fingerprint density at radius 3 is 2.20 bits per heavy atom. The fourth-order valence-electron chi connectivity index (χ4n) is 4.45. The van der Waals surface area contributed by atoms with Gasteiger partial charge in [-0.3, -0.25) is 10.1 Å². The third kappa shape index (κ3) is 5.03. The molecule has 1 unspecified atom stereocenters. The van der Waals surface area contributed by atoms with Crippen molar-refractivity contribution in [1.82, 2.24) is 10.2 Å². The topological polar surface area (TPSA) is 122 Å². The van der Waals surface area contributed by atoms with Gasteiger partial charge in [-0.1, -0.05) is 54.6 Å². The number of nitrogens with one attached hydrogen (secondary N) is 1. The van der Waals surface area contributed by atoms with E-state index >= 15 is 0 Å². The number of hydrogen-bond donors (Lipinski definition) is 2. The van der Waals surface area contributed by atoms with Crippen molar-refractivity contribution in [3.8, 4) is 11.1 Å². The first-order valence-electron chi connectivity index (χ1n) is 11.4. The minimum atomic E-state index is -1.59. The fourth-order valence-corrected chi connectivity index (χ4v) is 4.45. The highest BCUT2D eigenvalue weighted by molar-refractivity contribution is 6.04. The van der Waals surface area contributed by atoms with Crippen molar-refractivity contribution < 1.29 is 33.8 Å². The summed E-state index contributed by atoms with van der Waals surface area (Å²) in [5.41, 5.74) is 4.43. The molecule has 35 heavy (non-hydrogen) atoms. The van der Waals surface area contributed by atoms with Crippen molar-refractivity contribution in [2.24, 2.45) is 0 Å². The molecule has 0 fully saturated rings. The van der Waals surface area contributed by atoms with Gasteiger partial charge in [-0.25, -0.2) is 14.4 Å². The lowest BCUT2D eigenvalue weighted by atomic mass is 9.98. The van der Waals surface area contributed by atoms with Crippen LogP contribution < -0.4 is 5.32 Å². The van der Waals surface area contributed by atoms with Crippen molar-refractivity contribution >= 4 is 23.9 Å². The van der Waals surface area contributed by atoms with E-state index in [2.05, 4.69) is 5.32 Å². The fraction of sp³-hybridized carbons (Fsp3) is 0.308. The van der Waals surface area contributed by atoms with Gasteiger partial charge in [0.1, 0.15) is 6.61 Å². The molecule has 2 amide bonds. The molecule has 1 heterocycles. The standard InChI is InChI=1S/C26H26N2O7/c1-2-34-25(32)22(23(29)28-13-11-16(12-14-28)24(30)31)27-26(33)35-15-21-19-9-5-3-7-17(19)18-8-4-6-10-20(18)21/h3-11,21-22H,2,12-15H2,1H3,(H,27,33)(H,30,31). The molecule has 0 radical (unpaired) electrons. The summed E-state index contributed by atoms with van der Waals surface area (Å²) in [6, 6.07) is 14.2. The van der Waals surface area contributed by atoms with Crippen molar-refractivity contribution in [3.63, 3.8) is 0 Å². The van der Waals surface area contributed by atoms with Gasteiger partial charge in [-0.15, -0.1) is 0 Å². The molecule has 0 bridgehead atoms. The molecule has 0 saturated heterocycles. The van der Waals surface area contributed by atoms with Gasteiger partial charge in [-0.05, 0) is 35.6 Å². The van der Waals surface area contributed by atoms with E-state index in [0.717, 1.165) is 22.3 Å². The second kappa shape index (κ2) is 10.4. The Morgan fingerprint density at radius 2 is 1.66 bits per heavy atom. The number of carbonyl (C=O) groups excluding carboxylic acids is 3. The number of ether oxygens (including phenoxy) is 2. The number of fused-ring (bicyclic) bond motifs is 3. The van der Waals surface area contributed by atoms with E-state index in [1.54, 1.807) is 6.92 Å². The number of carboxylic acids is 1. The second-order valence-corrected chi connectivity index (χ2v) is 8.22. The van der Waals surface area contributed by atoms with Gasteiger partial charge < -0.3 is 19.5 Å². The number of rotatable bonds is 7. The summed E-state index contributed by atoms with van der Waals surface area (Å²) in [5.74, 6) is -2.81. The molecule has 2 N–H and O–H groups in total.